The number of methoxy groups -OCH3 is 1. The number of ether oxygens (including phenoxy) is 2. The van der Waals surface area contributed by atoms with E-state index in [1.165, 1.54) is 25.3 Å². The Hall–Kier alpha value is -2.81. The van der Waals surface area contributed by atoms with Crippen LogP contribution in [0, 0.1) is 5.82 Å². The second-order valence-electron chi connectivity index (χ2n) is 8.13. The van der Waals surface area contributed by atoms with Gasteiger partial charge in [-0.3, -0.25) is 9.69 Å². The maximum absolute atomic E-state index is 13.0. The third-order valence-electron chi connectivity index (χ3n) is 5.53. The van der Waals surface area contributed by atoms with Crippen molar-refractivity contribution in [3.8, 4) is 11.5 Å². The van der Waals surface area contributed by atoms with Crippen molar-refractivity contribution >= 4 is 5.91 Å². The first kappa shape index (κ1) is 24.8. The molecule has 0 atom stereocenters. The Balaban J connectivity index is 1.41. The number of carbonyl (C=O) groups excluding carboxylic acids is 1. The quantitative estimate of drug-likeness (QED) is 0.551. The Bertz CT molecular complexity index is 911. The fraction of sp³-hybridized carbons (Fsp3) is 0.458. The van der Waals surface area contributed by atoms with Crippen LogP contribution >= 0.6 is 0 Å². The average molecular weight is 468 g/mol. The van der Waals surface area contributed by atoms with Gasteiger partial charge in [0.15, 0.2) is 18.1 Å². The zero-order valence-corrected chi connectivity index (χ0v) is 18.5. The van der Waals surface area contributed by atoms with E-state index in [9.17, 15) is 22.4 Å². The first-order valence-electron chi connectivity index (χ1n) is 10.8. The zero-order chi connectivity index (χ0) is 23.8. The summed E-state index contributed by atoms with van der Waals surface area (Å²) < 4.78 is 60.0. The summed E-state index contributed by atoms with van der Waals surface area (Å²) in [7, 11) is 1.36. The summed E-state index contributed by atoms with van der Waals surface area (Å²) in [4.78, 5) is 14.7. The number of carbonyl (C=O) groups is 1. The van der Waals surface area contributed by atoms with Crippen molar-refractivity contribution in [3.63, 3.8) is 0 Å². The van der Waals surface area contributed by atoms with Gasteiger partial charge in [-0.2, -0.15) is 13.2 Å². The third-order valence-corrected chi connectivity index (χ3v) is 5.53. The van der Waals surface area contributed by atoms with Crippen LogP contribution in [0.1, 0.15) is 30.4 Å². The molecule has 5 nitrogen and oxygen atoms in total. The molecule has 0 radical (unpaired) electrons. The Morgan fingerprint density at radius 1 is 1.06 bits per heavy atom. The maximum atomic E-state index is 13.0. The smallest absolute Gasteiger partial charge is 0.422 e. The molecule has 33 heavy (non-hydrogen) atoms. The fourth-order valence-corrected chi connectivity index (χ4v) is 3.79. The molecule has 0 aliphatic carbocycles. The highest BCUT2D eigenvalue weighted by Gasteiger charge is 2.29. The van der Waals surface area contributed by atoms with Crippen LogP contribution in [0.25, 0.3) is 0 Å². The summed E-state index contributed by atoms with van der Waals surface area (Å²) in [5, 5.41) is 3.06. The summed E-state index contributed by atoms with van der Waals surface area (Å²) in [6.45, 7) is 1.05. The standard InChI is InChI=1S/C24H28F4N2O3/c1-32-22-14-17(4-8-21(22)33-16-24(26,27)28)5-9-23(31)29-20-10-12-30(13-11-20)15-18-2-6-19(25)7-3-18/h2-4,6-8,14,20H,5,9-13,15-16H2,1H3,(H,29,31). The summed E-state index contributed by atoms with van der Waals surface area (Å²) in [5.41, 5.74) is 1.83. The topological polar surface area (TPSA) is 50.8 Å². The average Bonchev–Trinajstić information content (AvgIpc) is 2.79. The predicted octanol–water partition coefficient (Wildman–Crippen LogP) is 4.49. The van der Waals surface area contributed by atoms with E-state index in [0.29, 0.717) is 6.42 Å². The van der Waals surface area contributed by atoms with Gasteiger partial charge < -0.3 is 14.8 Å². The van der Waals surface area contributed by atoms with Crippen LogP contribution in [-0.4, -0.2) is 49.8 Å². The molecular weight excluding hydrogens is 440 g/mol. The van der Waals surface area contributed by atoms with Crippen molar-refractivity contribution in [1.29, 1.82) is 0 Å². The van der Waals surface area contributed by atoms with Crippen molar-refractivity contribution in [3.05, 3.63) is 59.4 Å². The number of rotatable bonds is 9. The van der Waals surface area contributed by atoms with E-state index in [0.717, 1.165) is 43.6 Å². The number of hydrogen-bond donors (Lipinski definition) is 1. The summed E-state index contributed by atoms with van der Waals surface area (Å²) in [6.07, 6.45) is -2.05. The molecule has 1 N–H and O–H groups in total. The minimum absolute atomic E-state index is 0.00965. The first-order valence-corrected chi connectivity index (χ1v) is 10.8. The maximum Gasteiger partial charge on any atom is 0.422 e. The van der Waals surface area contributed by atoms with Gasteiger partial charge in [0.2, 0.25) is 5.91 Å². The van der Waals surface area contributed by atoms with Crippen LogP contribution in [0.2, 0.25) is 0 Å². The molecular formula is C24H28F4N2O3. The molecule has 1 heterocycles. The lowest BCUT2D eigenvalue weighted by Crippen LogP contribution is -2.44. The third kappa shape index (κ3) is 8.24. The van der Waals surface area contributed by atoms with E-state index in [4.69, 9.17) is 9.47 Å². The number of hydrogen-bond acceptors (Lipinski definition) is 4. The monoisotopic (exact) mass is 468 g/mol. The van der Waals surface area contributed by atoms with Gasteiger partial charge in [0.25, 0.3) is 0 Å². The van der Waals surface area contributed by atoms with Gasteiger partial charge in [0.05, 0.1) is 7.11 Å². The van der Waals surface area contributed by atoms with Gasteiger partial charge in [0, 0.05) is 32.1 Å². The number of benzene rings is 2. The SMILES string of the molecule is COc1cc(CCC(=O)NC2CCN(Cc3ccc(F)cc3)CC2)ccc1OCC(F)(F)F. The Labute approximate surface area is 190 Å². The van der Waals surface area contributed by atoms with Crippen LogP contribution in [0.5, 0.6) is 11.5 Å². The van der Waals surface area contributed by atoms with Crippen LogP contribution in [0.4, 0.5) is 17.6 Å². The molecule has 0 saturated carbocycles. The van der Waals surface area contributed by atoms with Crippen molar-refractivity contribution in [1.82, 2.24) is 10.2 Å². The molecule has 1 aliphatic heterocycles. The number of nitrogens with zero attached hydrogens (tertiary/aromatic N) is 1. The fourth-order valence-electron chi connectivity index (χ4n) is 3.79. The van der Waals surface area contributed by atoms with Gasteiger partial charge in [-0.15, -0.1) is 0 Å². The number of aryl methyl sites for hydroxylation is 1. The van der Waals surface area contributed by atoms with Gasteiger partial charge in [-0.05, 0) is 54.7 Å². The Morgan fingerprint density at radius 2 is 1.73 bits per heavy atom. The molecule has 2 aromatic rings. The van der Waals surface area contributed by atoms with E-state index in [1.807, 2.05) is 0 Å². The zero-order valence-electron chi connectivity index (χ0n) is 18.5. The molecule has 0 unspecified atom stereocenters. The lowest BCUT2D eigenvalue weighted by Gasteiger charge is -2.32. The van der Waals surface area contributed by atoms with E-state index >= 15 is 0 Å². The van der Waals surface area contributed by atoms with Crippen molar-refractivity contribution in [2.75, 3.05) is 26.8 Å². The Morgan fingerprint density at radius 3 is 2.36 bits per heavy atom. The second-order valence-corrected chi connectivity index (χ2v) is 8.13. The number of likely N-dealkylation sites (tertiary alicyclic amines) is 1. The van der Waals surface area contributed by atoms with Gasteiger partial charge in [0.1, 0.15) is 5.82 Å². The van der Waals surface area contributed by atoms with E-state index in [2.05, 4.69) is 10.2 Å². The van der Waals surface area contributed by atoms with Crippen LogP contribution in [-0.2, 0) is 17.8 Å². The molecule has 1 fully saturated rings. The molecule has 0 bridgehead atoms. The summed E-state index contributed by atoms with van der Waals surface area (Å²) >= 11 is 0. The minimum Gasteiger partial charge on any atom is -0.493 e. The highest BCUT2D eigenvalue weighted by atomic mass is 19.4. The van der Waals surface area contributed by atoms with Crippen molar-refractivity contribution in [2.24, 2.45) is 0 Å². The van der Waals surface area contributed by atoms with Gasteiger partial charge in [-0.1, -0.05) is 18.2 Å². The minimum atomic E-state index is -4.43. The van der Waals surface area contributed by atoms with Crippen LogP contribution in [0.15, 0.2) is 42.5 Å². The summed E-state index contributed by atoms with van der Waals surface area (Å²) in [5.74, 6) is -0.103. The van der Waals surface area contributed by atoms with Gasteiger partial charge >= 0.3 is 6.18 Å². The van der Waals surface area contributed by atoms with Crippen LogP contribution < -0.4 is 14.8 Å². The second kappa shape index (κ2) is 11.4. The van der Waals surface area contributed by atoms with E-state index in [1.54, 1.807) is 24.3 Å². The lowest BCUT2D eigenvalue weighted by molar-refractivity contribution is -0.153. The number of alkyl halides is 3. The number of amides is 1. The van der Waals surface area contributed by atoms with Gasteiger partial charge in [-0.25, -0.2) is 4.39 Å². The number of piperidine rings is 1. The molecule has 9 heteroatoms. The van der Waals surface area contributed by atoms with Crippen molar-refractivity contribution < 1.29 is 31.8 Å². The lowest BCUT2D eigenvalue weighted by atomic mass is 10.0. The molecule has 0 aromatic heterocycles. The normalized spacial score (nSPS) is 15.3. The molecule has 0 spiro atoms. The largest absolute Gasteiger partial charge is 0.493 e. The molecule has 1 aliphatic rings. The summed E-state index contributed by atoms with van der Waals surface area (Å²) in [6, 6.07) is 11.2. The van der Waals surface area contributed by atoms with E-state index < -0.39 is 12.8 Å². The van der Waals surface area contributed by atoms with Crippen molar-refractivity contribution in [2.45, 2.75) is 44.4 Å². The van der Waals surface area contributed by atoms with E-state index in [-0.39, 0.29) is 35.7 Å². The number of nitrogens with one attached hydrogen (secondary N) is 1. The Kier molecular flexibility index (Phi) is 8.55. The molecule has 1 saturated heterocycles. The predicted molar refractivity (Wildman–Crippen MR) is 116 cm³/mol. The molecule has 1 amide bonds. The first-order chi connectivity index (χ1) is 15.7. The highest BCUT2D eigenvalue weighted by molar-refractivity contribution is 5.76. The number of halogens is 4. The highest BCUT2D eigenvalue weighted by Crippen LogP contribution is 2.30. The molecule has 3 rings (SSSR count). The molecule has 2 aromatic carbocycles. The van der Waals surface area contributed by atoms with Crippen LogP contribution in [0.3, 0.4) is 0 Å². The molecule has 180 valence electrons.